The van der Waals surface area contributed by atoms with Gasteiger partial charge < -0.3 is 11.1 Å². The van der Waals surface area contributed by atoms with Gasteiger partial charge in [-0.1, -0.05) is 42.5 Å². The molecular formula is C18H21N3O. The van der Waals surface area contributed by atoms with Crippen molar-refractivity contribution < 1.29 is 4.79 Å². The second-order valence-electron chi connectivity index (χ2n) is 5.70. The number of anilines is 1. The maximum absolute atomic E-state index is 12.0. The van der Waals surface area contributed by atoms with Gasteiger partial charge in [-0.05, 0) is 23.3 Å². The highest BCUT2D eigenvalue weighted by Gasteiger charge is 2.26. The summed E-state index contributed by atoms with van der Waals surface area (Å²) < 4.78 is 0. The van der Waals surface area contributed by atoms with Gasteiger partial charge in [-0.3, -0.25) is 9.69 Å². The summed E-state index contributed by atoms with van der Waals surface area (Å²) in [6.07, 6.45) is 0.492. The molecular weight excluding hydrogens is 274 g/mol. The van der Waals surface area contributed by atoms with Crippen LogP contribution in [0.1, 0.15) is 23.6 Å². The van der Waals surface area contributed by atoms with E-state index in [4.69, 9.17) is 5.73 Å². The van der Waals surface area contributed by atoms with E-state index in [1.807, 2.05) is 36.4 Å². The number of carbonyl (C=O) groups is 1. The van der Waals surface area contributed by atoms with Gasteiger partial charge in [0, 0.05) is 37.8 Å². The average Bonchev–Trinajstić information content (AvgIpc) is 2.70. The van der Waals surface area contributed by atoms with Crippen molar-refractivity contribution in [2.24, 2.45) is 0 Å². The molecule has 2 aromatic rings. The molecule has 0 bridgehead atoms. The third kappa shape index (κ3) is 3.46. The Balaban J connectivity index is 1.86. The van der Waals surface area contributed by atoms with Crippen molar-refractivity contribution >= 4 is 11.6 Å². The van der Waals surface area contributed by atoms with E-state index in [-0.39, 0.29) is 11.9 Å². The summed E-state index contributed by atoms with van der Waals surface area (Å²) >= 11 is 0. The molecule has 3 rings (SSSR count). The van der Waals surface area contributed by atoms with E-state index in [0.717, 1.165) is 18.8 Å². The fraction of sp³-hybridized carbons (Fsp3) is 0.278. The first-order chi connectivity index (χ1) is 10.7. The number of hydrogen-bond donors (Lipinski definition) is 2. The van der Waals surface area contributed by atoms with E-state index < -0.39 is 0 Å². The lowest BCUT2D eigenvalue weighted by Gasteiger charge is -2.29. The summed E-state index contributed by atoms with van der Waals surface area (Å²) in [6.45, 7) is 2.31. The topological polar surface area (TPSA) is 58.4 Å². The van der Waals surface area contributed by atoms with Gasteiger partial charge in [-0.2, -0.15) is 0 Å². The molecule has 1 aliphatic rings. The minimum atomic E-state index is 0.102. The molecule has 0 saturated carbocycles. The summed E-state index contributed by atoms with van der Waals surface area (Å²) in [5, 5.41) is 2.97. The minimum Gasteiger partial charge on any atom is -0.399 e. The molecule has 4 nitrogen and oxygen atoms in total. The van der Waals surface area contributed by atoms with Crippen LogP contribution in [0.4, 0.5) is 5.69 Å². The van der Waals surface area contributed by atoms with E-state index in [9.17, 15) is 4.79 Å². The third-order valence-electron chi connectivity index (χ3n) is 4.06. The zero-order valence-corrected chi connectivity index (χ0v) is 12.5. The lowest BCUT2D eigenvalue weighted by atomic mass is 10.0. The normalized spacial score (nSPS) is 19.5. The van der Waals surface area contributed by atoms with Crippen LogP contribution in [-0.2, 0) is 11.3 Å². The Bertz CT molecular complexity index is 642. The Morgan fingerprint density at radius 3 is 2.73 bits per heavy atom. The number of hydrogen-bond acceptors (Lipinski definition) is 3. The lowest BCUT2D eigenvalue weighted by Crippen LogP contribution is -2.30. The molecule has 3 N–H and O–H groups in total. The smallest absolute Gasteiger partial charge is 0.221 e. The standard InChI is InChI=1S/C18H21N3O/c19-16-8-4-5-14(11-16)13-21-10-9-20-18(22)12-17(21)15-6-2-1-3-7-15/h1-8,11,17H,9-10,12-13,19H2,(H,20,22). The van der Waals surface area contributed by atoms with E-state index >= 15 is 0 Å². The molecule has 22 heavy (non-hydrogen) atoms. The quantitative estimate of drug-likeness (QED) is 0.855. The van der Waals surface area contributed by atoms with Gasteiger partial charge in [-0.25, -0.2) is 0 Å². The molecule has 4 heteroatoms. The summed E-state index contributed by atoms with van der Waals surface area (Å²) in [5.74, 6) is 0.115. The highest BCUT2D eigenvalue weighted by molar-refractivity contribution is 5.77. The Morgan fingerprint density at radius 1 is 1.14 bits per heavy atom. The number of carbonyl (C=O) groups excluding carboxylic acids is 1. The van der Waals surface area contributed by atoms with Crippen LogP contribution >= 0.6 is 0 Å². The Kier molecular flexibility index (Phi) is 4.39. The molecule has 1 saturated heterocycles. The molecule has 1 aliphatic heterocycles. The predicted molar refractivity (Wildman–Crippen MR) is 88.1 cm³/mol. The minimum absolute atomic E-state index is 0.102. The fourth-order valence-electron chi connectivity index (χ4n) is 2.99. The average molecular weight is 295 g/mol. The second-order valence-corrected chi connectivity index (χ2v) is 5.70. The lowest BCUT2D eigenvalue weighted by molar-refractivity contribution is -0.121. The number of benzene rings is 2. The molecule has 0 aliphatic carbocycles. The van der Waals surface area contributed by atoms with E-state index in [1.54, 1.807) is 0 Å². The van der Waals surface area contributed by atoms with Gasteiger partial charge in [0.2, 0.25) is 5.91 Å². The fourth-order valence-corrected chi connectivity index (χ4v) is 2.99. The van der Waals surface area contributed by atoms with Gasteiger partial charge in [0.25, 0.3) is 0 Å². The Morgan fingerprint density at radius 2 is 1.95 bits per heavy atom. The maximum atomic E-state index is 12.0. The van der Waals surface area contributed by atoms with Crippen molar-refractivity contribution in [1.82, 2.24) is 10.2 Å². The predicted octanol–water partition coefficient (Wildman–Crippen LogP) is 2.33. The van der Waals surface area contributed by atoms with Gasteiger partial charge in [0.15, 0.2) is 0 Å². The van der Waals surface area contributed by atoms with Crippen LogP contribution in [0.5, 0.6) is 0 Å². The monoisotopic (exact) mass is 295 g/mol. The number of nitrogens with two attached hydrogens (primary N) is 1. The zero-order valence-electron chi connectivity index (χ0n) is 12.5. The first-order valence-electron chi connectivity index (χ1n) is 7.62. The molecule has 1 heterocycles. The summed E-state index contributed by atoms with van der Waals surface area (Å²) in [6, 6.07) is 18.3. The number of nitrogens with one attached hydrogen (secondary N) is 1. The summed E-state index contributed by atoms with van der Waals surface area (Å²) in [4.78, 5) is 14.3. The van der Waals surface area contributed by atoms with Crippen molar-refractivity contribution in [3.63, 3.8) is 0 Å². The van der Waals surface area contributed by atoms with Crippen LogP contribution in [0.15, 0.2) is 54.6 Å². The Hall–Kier alpha value is -2.33. The molecule has 0 spiro atoms. The van der Waals surface area contributed by atoms with Gasteiger partial charge in [0.05, 0.1) is 0 Å². The van der Waals surface area contributed by atoms with Crippen molar-refractivity contribution in [3.05, 3.63) is 65.7 Å². The van der Waals surface area contributed by atoms with E-state index in [2.05, 4.69) is 28.4 Å². The number of amides is 1. The van der Waals surface area contributed by atoms with Crippen LogP contribution in [0.3, 0.4) is 0 Å². The van der Waals surface area contributed by atoms with Crippen LogP contribution < -0.4 is 11.1 Å². The molecule has 1 fully saturated rings. The molecule has 114 valence electrons. The van der Waals surface area contributed by atoms with Crippen LogP contribution in [-0.4, -0.2) is 23.9 Å². The zero-order chi connectivity index (χ0) is 15.4. The Labute approximate surface area is 130 Å². The van der Waals surface area contributed by atoms with Crippen LogP contribution in [0.25, 0.3) is 0 Å². The highest BCUT2D eigenvalue weighted by Crippen LogP contribution is 2.27. The molecule has 0 aromatic heterocycles. The largest absolute Gasteiger partial charge is 0.399 e. The molecule has 0 radical (unpaired) electrons. The van der Waals surface area contributed by atoms with E-state index in [0.29, 0.717) is 13.0 Å². The molecule has 1 atom stereocenters. The van der Waals surface area contributed by atoms with Crippen LogP contribution in [0.2, 0.25) is 0 Å². The molecule has 2 aromatic carbocycles. The van der Waals surface area contributed by atoms with Gasteiger partial charge in [-0.15, -0.1) is 0 Å². The number of nitrogen functional groups attached to an aromatic ring is 1. The first kappa shape index (κ1) is 14.6. The summed E-state index contributed by atoms with van der Waals surface area (Å²) in [5.41, 5.74) is 9.01. The first-order valence-corrected chi connectivity index (χ1v) is 7.62. The SMILES string of the molecule is Nc1cccc(CN2CCNC(=O)CC2c2ccccc2)c1. The molecule has 1 amide bonds. The maximum Gasteiger partial charge on any atom is 0.221 e. The van der Waals surface area contributed by atoms with Crippen LogP contribution in [0, 0.1) is 0 Å². The van der Waals surface area contributed by atoms with E-state index in [1.165, 1.54) is 11.1 Å². The van der Waals surface area contributed by atoms with Crippen molar-refractivity contribution in [2.45, 2.75) is 19.0 Å². The second kappa shape index (κ2) is 6.62. The van der Waals surface area contributed by atoms with Crippen molar-refractivity contribution in [2.75, 3.05) is 18.8 Å². The number of rotatable bonds is 3. The van der Waals surface area contributed by atoms with Gasteiger partial charge >= 0.3 is 0 Å². The summed E-state index contributed by atoms with van der Waals surface area (Å²) in [7, 11) is 0. The third-order valence-corrected chi connectivity index (χ3v) is 4.06. The molecule has 1 unspecified atom stereocenters. The van der Waals surface area contributed by atoms with Crippen molar-refractivity contribution in [1.29, 1.82) is 0 Å². The number of nitrogens with zero attached hydrogens (tertiary/aromatic N) is 1. The van der Waals surface area contributed by atoms with Crippen molar-refractivity contribution in [3.8, 4) is 0 Å². The highest BCUT2D eigenvalue weighted by atomic mass is 16.1. The van der Waals surface area contributed by atoms with Gasteiger partial charge in [0.1, 0.15) is 0 Å².